The third-order valence-electron chi connectivity index (χ3n) is 2.78. The molecule has 2 aromatic rings. The average Bonchev–Trinajstić information content (AvgIpc) is 2.81. The summed E-state index contributed by atoms with van der Waals surface area (Å²) < 4.78 is 0. The Bertz CT molecular complexity index is 539. The maximum absolute atomic E-state index is 11.3. The van der Waals surface area contributed by atoms with Crippen LogP contribution in [0, 0.1) is 6.92 Å². The number of thiazole rings is 1. The van der Waals surface area contributed by atoms with Crippen LogP contribution in [0.15, 0.2) is 35.7 Å². The van der Waals surface area contributed by atoms with Crippen molar-refractivity contribution in [1.29, 1.82) is 0 Å². The molecule has 0 saturated carbocycles. The molecule has 19 heavy (non-hydrogen) atoms. The molecule has 0 bridgehead atoms. The monoisotopic (exact) mass is 276 g/mol. The summed E-state index contributed by atoms with van der Waals surface area (Å²) in [5, 5.41) is 15.4. The van der Waals surface area contributed by atoms with Gasteiger partial charge in [-0.2, -0.15) is 0 Å². The highest BCUT2D eigenvalue weighted by atomic mass is 32.1. The summed E-state index contributed by atoms with van der Waals surface area (Å²) >= 11 is 1.61. The molecule has 5 heteroatoms. The molecule has 0 aliphatic heterocycles. The first-order valence-corrected chi connectivity index (χ1v) is 6.97. The number of hydrogen-bond donors (Lipinski definition) is 2. The molecule has 0 amide bonds. The first-order valence-electron chi connectivity index (χ1n) is 6.09. The summed E-state index contributed by atoms with van der Waals surface area (Å²) in [6, 6.07) is 8.53. The zero-order valence-corrected chi connectivity index (χ0v) is 11.5. The van der Waals surface area contributed by atoms with Gasteiger partial charge in [0, 0.05) is 18.3 Å². The van der Waals surface area contributed by atoms with Crippen molar-refractivity contribution in [3.8, 4) is 0 Å². The highest BCUT2D eigenvalue weighted by Gasteiger charge is 2.18. The summed E-state index contributed by atoms with van der Waals surface area (Å²) in [5.41, 5.74) is 1.77. The van der Waals surface area contributed by atoms with E-state index in [9.17, 15) is 9.90 Å². The predicted octanol–water partition coefficient (Wildman–Crippen LogP) is 2.41. The van der Waals surface area contributed by atoms with E-state index in [-0.39, 0.29) is 0 Å². The van der Waals surface area contributed by atoms with Crippen LogP contribution in [-0.2, 0) is 11.2 Å². The van der Waals surface area contributed by atoms with Gasteiger partial charge in [-0.05, 0) is 12.5 Å². The Hall–Kier alpha value is -1.72. The molecule has 1 atom stereocenters. The van der Waals surface area contributed by atoms with Crippen LogP contribution in [0.2, 0.25) is 0 Å². The lowest BCUT2D eigenvalue weighted by molar-refractivity contribution is -0.139. The van der Waals surface area contributed by atoms with Gasteiger partial charge >= 0.3 is 5.97 Å². The third-order valence-corrected chi connectivity index (χ3v) is 3.60. The molecule has 1 aromatic carbocycles. The minimum Gasteiger partial charge on any atom is -0.480 e. The Balaban J connectivity index is 1.93. The van der Waals surface area contributed by atoms with E-state index in [1.54, 1.807) is 11.3 Å². The molecular weight excluding hydrogens is 260 g/mol. The average molecular weight is 276 g/mol. The van der Waals surface area contributed by atoms with Crippen LogP contribution in [0.5, 0.6) is 0 Å². The quantitative estimate of drug-likeness (QED) is 0.850. The smallest absolute Gasteiger partial charge is 0.325 e. The van der Waals surface area contributed by atoms with Gasteiger partial charge in [0.05, 0.1) is 10.7 Å². The van der Waals surface area contributed by atoms with E-state index in [1.807, 2.05) is 42.6 Å². The first-order chi connectivity index (χ1) is 9.16. The van der Waals surface area contributed by atoms with Gasteiger partial charge in [-0.25, -0.2) is 4.98 Å². The van der Waals surface area contributed by atoms with E-state index < -0.39 is 12.0 Å². The van der Waals surface area contributed by atoms with E-state index in [4.69, 9.17) is 0 Å². The van der Waals surface area contributed by atoms with Crippen LogP contribution in [0.1, 0.15) is 22.3 Å². The van der Waals surface area contributed by atoms with Gasteiger partial charge < -0.3 is 10.4 Å². The number of aliphatic carboxylic acids is 1. The van der Waals surface area contributed by atoms with Crippen molar-refractivity contribution in [1.82, 2.24) is 10.3 Å². The van der Waals surface area contributed by atoms with Gasteiger partial charge in [0.2, 0.25) is 0 Å². The van der Waals surface area contributed by atoms with E-state index >= 15 is 0 Å². The van der Waals surface area contributed by atoms with Crippen LogP contribution in [0.3, 0.4) is 0 Å². The Kier molecular flexibility index (Phi) is 4.65. The van der Waals surface area contributed by atoms with Crippen molar-refractivity contribution in [3.63, 3.8) is 0 Å². The summed E-state index contributed by atoms with van der Waals surface area (Å²) in [4.78, 5) is 15.6. The zero-order chi connectivity index (χ0) is 13.7. The van der Waals surface area contributed by atoms with Crippen LogP contribution < -0.4 is 5.32 Å². The van der Waals surface area contributed by atoms with E-state index in [0.29, 0.717) is 6.54 Å². The molecular formula is C14H16N2O2S. The van der Waals surface area contributed by atoms with Crippen molar-refractivity contribution in [2.45, 2.75) is 19.4 Å². The standard InChI is InChI=1S/C14H16N2O2S/c1-10-16-12(9-19-10)7-8-15-13(14(17)18)11-5-3-2-4-6-11/h2-6,9,13,15H,7-8H2,1H3,(H,17,18). The Morgan fingerprint density at radius 1 is 1.42 bits per heavy atom. The van der Waals surface area contributed by atoms with Gasteiger partial charge in [0.15, 0.2) is 0 Å². The predicted molar refractivity (Wildman–Crippen MR) is 75.4 cm³/mol. The number of aryl methyl sites for hydroxylation is 1. The third kappa shape index (κ3) is 3.87. The molecule has 0 aliphatic carbocycles. The molecule has 4 nitrogen and oxygen atoms in total. The number of carboxylic acid groups (broad SMARTS) is 1. The Morgan fingerprint density at radius 2 is 2.16 bits per heavy atom. The molecule has 0 spiro atoms. The van der Waals surface area contributed by atoms with E-state index in [0.717, 1.165) is 22.7 Å². The number of aromatic nitrogens is 1. The molecule has 1 unspecified atom stereocenters. The van der Waals surface area contributed by atoms with Crippen molar-refractivity contribution in [3.05, 3.63) is 52.0 Å². The number of benzene rings is 1. The summed E-state index contributed by atoms with van der Waals surface area (Å²) in [6.45, 7) is 2.56. The van der Waals surface area contributed by atoms with Crippen LogP contribution in [-0.4, -0.2) is 22.6 Å². The maximum atomic E-state index is 11.3. The first kappa shape index (κ1) is 13.7. The van der Waals surface area contributed by atoms with E-state index in [1.165, 1.54) is 0 Å². The van der Waals surface area contributed by atoms with E-state index in [2.05, 4.69) is 10.3 Å². The fraction of sp³-hybridized carbons (Fsp3) is 0.286. The molecule has 0 saturated heterocycles. The van der Waals surface area contributed by atoms with Gasteiger partial charge in [0.1, 0.15) is 6.04 Å². The highest BCUT2D eigenvalue weighted by Crippen LogP contribution is 2.13. The molecule has 100 valence electrons. The summed E-state index contributed by atoms with van der Waals surface area (Å²) in [7, 11) is 0. The lowest BCUT2D eigenvalue weighted by Gasteiger charge is -2.14. The summed E-state index contributed by atoms with van der Waals surface area (Å²) in [6.07, 6.45) is 0.737. The minimum atomic E-state index is -0.861. The Morgan fingerprint density at radius 3 is 2.74 bits per heavy atom. The number of nitrogens with zero attached hydrogens (tertiary/aromatic N) is 1. The lowest BCUT2D eigenvalue weighted by atomic mass is 10.1. The highest BCUT2D eigenvalue weighted by molar-refractivity contribution is 7.09. The van der Waals surface area contributed by atoms with Crippen molar-refractivity contribution in [2.24, 2.45) is 0 Å². The number of carboxylic acids is 1. The largest absolute Gasteiger partial charge is 0.480 e. The number of carbonyl (C=O) groups is 1. The minimum absolute atomic E-state index is 0.592. The number of hydrogen-bond acceptors (Lipinski definition) is 4. The van der Waals surface area contributed by atoms with Gasteiger partial charge in [0.25, 0.3) is 0 Å². The number of nitrogens with one attached hydrogen (secondary N) is 1. The molecule has 2 N–H and O–H groups in total. The van der Waals surface area contributed by atoms with Gasteiger partial charge in [-0.3, -0.25) is 4.79 Å². The molecule has 0 aliphatic rings. The second-order valence-corrected chi connectivity index (χ2v) is 5.31. The summed E-state index contributed by atoms with van der Waals surface area (Å²) in [5.74, 6) is -0.861. The molecule has 2 rings (SSSR count). The topological polar surface area (TPSA) is 62.2 Å². The molecule has 1 heterocycles. The van der Waals surface area contributed by atoms with Gasteiger partial charge in [-0.15, -0.1) is 11.3 Å². The maximum Gasteiger partial charge on any atom is 0.325 e. The Labute approximate surface area is 116 Å². The SMILES string of the molecule is Cc1nc(CCNC(C(=O)O)c2ccccc2)cs1. The van der Waals surface area contributed by atoms with Gasteiger partial charge in [-0.1, -0.05) is 30.3 Å². The number of rotatable bonds is 6. The van der Waals surface area contributed by atoms with Crippen molar-refractivity contribution < 1.29 is 9.90 Å². The second-order valence-electron chi connectivity index (χ2n) is 4.24. The molecule has 0 radical (unpaired) electrons. The zero-order valence-electron chi connectivity index (χ0n) is 10.7. The lowest BCUT2D eigenvalue weighted by Crippen LogP contribution is -2.30. The molecule has 0 fully saturated rings. The normalized spacial score (nSPS) is 12.3. The van der Waals surface area contributed by atoms with Crippen molar-refractivity contribution in [2.75, 3.05) is 6.54 Å². The second kappa shape index (κ2) is 6.45. The fourth-order valence-electron chi connectivity index (χ4n) is 1.86. The van der Waals surface area contributed by atoms with Crippen LogP contribution >= 0.6 is 11.3 Å². The van der Waals surface area contributed by atoms with Crippen LogP contribution in [0.25, 0.3) is 0 Å². The van der Waals surface area contributed by atoms with Crippen LogP contribution in [0.4, 0.5) is 0 Å². The van der Waals surface area contributed by atoms with Crippen molar-refractivity contribution >= 4 is 17.3 Å². The fourth-order valence-corrected chi connectivity index (χ4v) is 2.51. The molecule has 1 aromatic heterocycles.